The molecule has 2 heterocycles. The molecule has 0 spiro atoms. The van der Waals surface area contributed by atoms with Gasteiger partial charge in [0, 0.05) is 11.6 Å². The number of anilines is 1. The Labute approximate surface area is 121 Å². The summed E-state index contributed by atoms with van der Waals surface area (Å²) in [4.78, 5) is 16.1. The van der Waals surface area contributed by atoms with E-state index >= 15 is 0 Å². The zero-order valence-electron chi connectivity index (χ0n) is 11.5. The lowest BCUT2D eigenvalue weighted by Gasteiger charge is -2.04. The standard InChI is InChI=1S/C15H14N4O2/c1-2-21-15(20)13-12(16)9-19(18-13)14-11-6-4-3-5-10(11)7-8-17-14/h3-9H,2,16H2,1H3. The van der Waals surface area contributed by atoms with Crippen LogP contribution in [0.3, 0.4) is 0 Å². The van der Waals surface area contributed by atoms with E-state index in [1.807, 2.05) is 30.3 Å². The third-order valence-corrected chi connectivity index (χ3v) is 3.08. The number of fused-ring (bicyclic) bond motifs is 1. The summed E-state index contributed by atoms with van der Waals surface area (Å²) in [6.45, 7) is 2.01. The van der Waals surface area contributed by atoms with Crippen molar-refractivity contribution in [1.82, 2.24) is 14.8 Å². The fourth-order valence-electron chi connectivity index (χ4n) is 2.14. The quantitative estimate of drug-likeness (QED) is 0.744. The summed E-state index contributed by atoms with van der Waals surface area (Å²) in [6, 6.07) is 9.72. The van der Waals surface area contributed by atoms with Gasteiger partial charge in [-0.15, -0.1) is 0 Å². The minimum absolute atomic E-state index is 0.103. The number of carbonyl (C=O) groups is 1. The van der Waals surface area contributed by atoms with Crippen molar-refractivity contribution in [2.45, 2.75) is 6.92 Å². The minimum Gasteiger partial charge on any atom is -0.461 e. The fraction of sp³-hybridized carbons (Fsp3) is 0.133. The van der Waals surface area contributed by atoms with E-state index in [9.17, 15) is 4.79 Å². The molecule has 0 aliphatic carbocycles. The van der Waals surface area contributed by atoms with E-state index in [1.54, 1.807) is 19.3 Å². The predicted molar refractivity (Wildman–Crippen MR) is 79.2 cm³/mol. The molecule has 0 saturated carbocycles. The third-order valence-electron chi connectivity index (χ3n) is 3.08. The molecule has 0 aliphatic rings. The van der Waals surface area contributed by atoms with Crippen LogP contribution in [-0.2, 0) is 4.74 Å². The van der Waals surface area contributed by atoms with Crippen molar-refractivity contribution in [3.05, 3.63) is 48.4 Å². The van der Waals surface area contributed by atoms with Gasteiger partial charge in [0.1, 0.15) is 0 Å². The highest BCUT2D eigenvalue weighted by atomic mass is 16.5. The SMILES string of the molecule is CCOC(=O)c1nn(-c2nccc3ccccc23)cc1N. The van der Waals surface area contributed by atoms with E-state index in [-0.39, 0.29) is 18.0 Å². The van der Waals surface area contributed by atoms with Crippen LogP contribution in [0.25, 0.3) is 16.6 Å². The molecule has 6 nitrogen and oxygen atoms in total. The smallest absolute Gasteiger partial charge is 0.361 e. The monoisotopic (exact) mass is 282 g/mol. The molecule has 6 heteroatoms. The first kappa shape index (κ1) is 13.1. The van der Waals surface area contributed by atoms with Crippen LogP contribution in [0.15, 0.2) is 42.7 Å². The number of carbonyl (C=O) groups excluding carboxylic acids is 1. The van der Waals surface area contributed by atoms with Gasteiger partial charge in [0.05, 0.1) is 18.5 Å². The van der Waals surface area contributed by atoms with Gasteiger partial charge in [0.15, 0.2) is 11.5 Å². The first-order valence-electron chi connectivity index (χ1n) is 6.57. The molecule has 0 saturated heterocycles. The number of hydrogen-bond acceptors (Lipinski definition) is 5. The summed E-state index contributed by atoms with van der Waals surface area (Å²) in [5, 5.41) is 6.17. The molecule has 0 aliphatic heterocycles. The number of benzene rings is 1. The number of aromatic nitrogens is 3. The Morgan fingerprint density at radius 1 is 1.33 bits per heavy atom. The maximum Gasteiger partial charge on any atom is 0.361 e. The van der Waals surface area contributed by atoms with Gasteiger partial charge in [-0.3, -0.25) is 0 Å². The molecule has 2 aromatic heterocycles. The molecular formula is C15H14N4O2. The Bertz CT molecular complexity index is 805. The first-order chi connectivity index (χ1) is 10.2. The second kappa shape index (κ2) is 5.24. The number of hydrogen-bond donors (Lipinski definition) is 1. The van der Waals surface area contributed by atoms with Gasteiger partial charge in [-0.25, -0.2) is 14.5 Å². The van der Waals surface area contributed by atoms with Crippen LogP contribution in [0.4, 0.5) is 5.69 Å². The zero-order chi connectivity index (χ0) is 14.8. The Hall–Kier alpha value is -2.89. The normalized spacial score (nSPS) is 10.7. The molecule has 2 N–H and O–H groups in total. The average molecular weight is 282 g/mol. The van der Waals surface area contributed by atoms with E-state index in [0.29, 0.717) is 5.82 Å². The highest BCUT2D eigenvalue weighted by Crippen LogP contribution is 2.21. The van der Waals surface area contributed by atoms with Crippen molar-refractivity contribution in [2.75, 3.05) is 12.3 Å². The van der Waals surface area contributed by atoms with E-state index < -0.39 is 5.97 Å². The maximum absolute atomic E-state index is 11.8. The lowest BCUT2D eigenvalue weighted by molar-refractivity contribution is 0.0520. The third kappa shape index (κ3) is 2.31. The van der Waals surface area contributed by atoms with Gasteiger partial charge < -0.3 is 10.5 Å². The molecule has 3 rings (SSSR count). The van der Waals surface area contributed by atoms with Crippen molar-refractivity contribution >= 4 is 22.4 Å². The Balaban J connectivity index is 2.12. The number of esters is 1. The molecule has 0 amide bonds. The average Bonchev–Trinajstić information content (AvgIpc) is 2.89. The summed E-state index contributed by atoms with van der Waals surface area (Å²) < 4.78 is 6.43. The zero-order valence-corrected chi connectivity index (χ0v) is 11.5. The molecular weight excluding hydrogens is 268 g/mol. The number of pyridine rings is 1. The van der Waals surface area contributed by atoms with Crippen LogP contribution in [0.1, 0.15) is 17.4 Å². The van der Waals surface area contributed by atoms with Crippen LogP contribution >= 0.6 is 0 Å². The number of rotatable bonds is 3. The second-order valence-corrected chi connectivity index (χ2v) is 4.45. The number of nitrogens with two attached hydrogens (primary N) is 1. The Morgan fingerprint density at radius 2 is 2.14 bits per heavy atom. The number of ether oxygens (including phenoxy) is 1. The van der Waals surface area contributed by atoms with Crippen molar-refractivity contribution in [1.29, 1.82) is 0 Å². The topological polar surface area (TPSA) is 83.0 Å². The predicted octanol–water partition coefficient (Wildman–Crippen LogP) is 2.18. The van der Waals surface area contributed by atoms with Crippen LogP contribution in [-0.4, -0.2) is 27.3 Å². The Kier molecular flexibility index (Phi) is 3.27. The van der Waals surface area contributed by atoms with Crippen molar-refractivity contribution in [2.24, 2.45) is 0 Å². The highest BCUT2D eigenvalue weighted by molar-refractivity contribution is 5.93. The fourth-order valence-corrected chi connectivity index (χ4v) is 2.14. The number of nitrogens with zero attached hydrogens (tertiary/aromatic N) is 3. The first-order valence-corrected chi connectivity index (χ1v) is 6.57. The van der Waals surface area contributed by atoms with E-state index in [2.05, 4.69) is 10.1 Å². The second-order valence-electron chi connectivity index (χ2n) is 4.45. The van der Waals surface area contributed by atoms with Gasteiger partial charge in [-0.1, -0.05) is 24.3 Å². The molecule has 0 unspecified atom stereocenters. The maximum atomic E-state index is 11.8. The number of nitrogen functional groups attached to an aromatic ring is 1. The van der Waals surface area contributed by atoms with E-state index in [0.717, 1.165) is 10.8 Å². The van der Waals surface area contributed by atoms with E-state index in [1.165, 1.54) is 4.68 Å². The van der Waals surface area contributed by atoms with Crippen LogP contribution in [0.2, 0.25) is 0 Å². The molecule has 1 aromatic carbocycles. The van der Waals surface area contributed by atoms with Gasteiger partial charge >= 0.3 is 5.97 Å². The molecule has 0 radical (unpaired) electrons. The van der Waals surface area contributed by atoms with Gasteiger partial charge in [-0.2, -0.15) is 5.10 Å². The Morgan fingerprint density at radius 3 is 2.95 bits per heavy atom. The summed E-state index contributed by atoms with van der Waals surface area (Å²) in [7, 11) is 0. The van der Waals surface area contributed by atoms with Crippen molar-refractivity contribution in [3.63, 3.8) is 0 Å². The lowest BCUT2D eigenvalue weighted by atomic mass is 10.1. The van der Waals surface area contributed by atoms with Gasteiger partial charge in [-0.05, 0) is 18.4 Å². The molecule has 0 atom stereocenters. The molecule has 0 bridgehead atoms. The largest absolute Gasteiger partial charge is 0.461 e. The molecule has 21 heavy (non-hydrogen) atoms. The van der Waals surface area contributed by atoms with E-state index in [4.69, 9.17) is 10.5 Å². The van der Waals surface area contributed by atoms with Gasteiger partial charge in [0.2, 0.25) is 0 Å². The van der Waals surface area contributed by atoms with Crippen LogP contribution < -0.4 is 5.73 Å². The van der Waals surface area contributed by atoms with Gasteiger partial charge in [0.25, 0.3) is 0 Å². The molecule has 0 fully saturated rings. The highest BCUT2D eigenvalue weighted by Gasteiger charge is 2.17. The summed E-state index contributed by atoms with van der Waals surface area (Å²) in [5.74, 6) is 0.0873. The summed E-state index contributed by atoms with van der Waals surface area (Å²) in [5.41, 5.74) is 6.21. The van der Waals surface area contributed by atoms with Crippen molar-refractivity contribution in [3.8, 4) is 5.82 Å². The van der Waals surface area contributed by atoms with Crippen LogP contribution in [0.5, 0.6) is 0 Å². The summed E-state index contributed by atoms with van der Waals surface area (Å²) in [6.07, 6.45) is 3.26. The molecule has 3 aromatic rings. The lowest BCUT2D eigenvalue weighted by Crippen LogP contribution is -2.08. The summed E-state index contributed by atoms with van der Waals surface area (Å²) >= 11 is 0. The minimum atomic E-state index is -0.533. The van der Waals surface area contributed by atoms with Crippen molar-refractivity contribution < 1.29 is 9.53 Å². The van der Waals surface area contributed by atoms with Crippen LogP contribution in [0, 0.1) is 0 Å². The molecule has 106 valence electrons.